The van der Waals surface area contributed by atoms with E-state index in [4.69, 9.17) is 15.4 Å². The summed E-state index contributed by atoms with van der Waals surface area (Å²) in [6.07, 6.45) is 0. The van der Waals surface area contributed by atoms with Gasteiger partial charge in [0.1, 0.15) is 5.52 Å². The summed E-state index contributed by atoms with van der Waals surface area (Å²) >= 11 is 0. The van der Waals surface area contributed by atoms with Gasteiger partial charge in [-0.2, -0.15) is 10.2 Å². The first-order chi connectivity index (χ1) is 7.27. The van der Waals surface area contributed by atoms with Crippen molar-refractivity contribution in [1.29, 1.82) is 5.26 Å². The van der Waals surface area contributed by atoms with E-state index in [1.807, 2.05) is 38.1 Å². The van der Waals surface area contributed by atoms with Crippen LogP contribution in [0.1, 0.15) is 20.8 Å². The van der Waals surface area contributed by atoms with E-state index < -0.39 is 0 Å². The van der Waals surface area contributed by atoms with Gasteiger partial charge in [-0.3, -0.25) is 0 Å². The van der Waals surface area contributed by atoms with Gasteiger partial charge in [-0.1, -0.05) is 26.0 Å². The SMILES string of the molecule is CC.CC#N.Nc1nc2ccccc2o1. The zero-order valence-corrected chi connectivity index (χ0v) is 9.19. The van der Waals surface area contributed by atoms with Crippen LogP contribution in [0.4, 0.5) is 6.01 Å². The standard InChI is InChI=1S/C7H6N2O.C2H3N.C2H6/c8-7-9-5-3-1-2-4-6(5)10-7;1-2-3;1-2/h1-4H,(H2,8,9);1H3;1-2H3. The average molecular weight is 205 g/mol. The van der Waals surface area contributed by atoms with Crippen LogP contribution in [0.15, 0.2) is 28.7 Å². The van der Waals surface area contributed by atoms with Crippen molar-refractivity contribution >= 4 is 17.1 Å². The number of nitrogens with two attached hydrogens (primary N) is 1. The summed E-state index contributed by atoms with van der Waals surface area (Å²) in [4.78, 5) is 3.92. The average Bonchev–Trinajstić information content (AvgIpc) is 2.62. The topological polar surface area (TPSA) is 75.8 Å². The molecule has 0 bridgehead atoms. The van der Waals surface area contributed by atoms with E-state index in [1.54, 1.807) is 6.07 Å². The van der Waals surface area contributed by atoms with Gasteiger partial charge < -0.3 is 10.2 Å². The highest BCUT2D eigenvalue weighted by atomic mass is 16.4. The molecule has 2 rings (SSSR count). The molecule has 0 aliphatic heterocycles. The number of rotatable bonds is 0. The minimum atomic E-state index is 0.223. The number of aromatic nitrogens is 1. The van der Waals surface area contributed by atoms with Crippen molar-refractivity contribution in [3.63, 3.8) is 0 Å². The van der Waals surface area contributed by atoms with E-state index in [2.05, 4.69) is 4.98 Å². The van der Waals surface area contributed by atoms with Crippen molar-refractivity contribution in [2.45, 2.75) is 20.8 Å². The molecule has 0 fully saturated rings. The lowest BCUT2D eigenvalue weighted by Crippen LogP contribution is -1.80. The highest BCUT2D eigenvalue weighted by molar-refractivity contribution is 5.73. The molecule has 0 radical (unpaired) electrons. The first kappa shape index (κ1) is 13.0. The summed E-state index contributed by atoms with van der Waals surface area (Å²) in [5.74, 6) is 0. The Bertz CT molecular complexity index is 396. The smallest absolute Gasteiger partial charge is 0.292 e. The number of benzene rings is 1. The van der Waals surface area contributed by atoms with Crippen molar-refractivity contribution in [2.24, 2.45) is 0 Å². The summed E-state index contributed by atoms with van der Waals surface area (Å²) in [6, 6.07) is 9.44. The second kappa shape index (κ2) is 7.39. The molecule has 2 aromatic rings. The molecule has 15 heavy (non-hydrogen) atoms. The molecular formula is C11H15N3O. The van der Waals surface area contributed by atoms with E-state index in [-0.39, 0.29) is 6.01 Å². The molecule has 80 valence electrons. The van der Waals surface area contributed by atoms with E-state index in [0.29, 0.717) is 0 Å². The van der Waals surface area contributed by atoms with Gasteiger partial charge in [0.25, 0.3) is 6.01 Å². The number of nitriles is 1. The van der Waals surface area contributed by atoms with Gasteiger partial charge in [-0.05, 0) is 12.1 Å². The van der Waals surface area contributed by atoms with Crippen molar-refractivity contribution in [3.8, 4) is 6.07 Å². The predicted octanol–water partition coefficient (Wildman–Crippen LogP) is 2.97. The number of oxazole rings is 1. The normalized spacial score (nSPS) is 7.87. The van der Waals surface area contributed by atoms with Gasteiger partial charge in [-0.15, -0.1) is 0 Å². The second-order valence-corrected chi connectivity index (χ2v) is 2.24. The summed E-state index contributed by atoms with van der Waals surface area (Å²) in [5.41, 5.74) is 6.85. The summed E-state index contributed by atoms with van der Waals surface area (Å²) in [7, 11) is 0. The zero-order chi connectivity index (χ0) is 11.7. The predicted molar refractivity (Wildman–Crippen MR) is 61.1 cm³/mol. The number of nitrogens with zero attached hydrogens (tertiary/aromatic N) is 2. The maximum Gasteiger partial charge on any atom is 0.292 e. The molecule has 0 amide bonds. The number of para-hydroxylation sites is 2. The van der Waals surface area contributed by atoms with Crippen LogP contribution in [0.2, 0.25) is 0 Å². The molecule has 4 nitrogen and oxygen atoms in total. The first-order valence-electron chi connectivity index (χ1n) is 4.70. The van der Waals surface area contributed by atoms with E-state index in [9.17, 15) is 0 Å². The Kier molecular flexibility index (Phi) is 6.39. The Balaban J connectivity index is 0.000000342. The van der Waals surface area contributed by atoms with Crippen LogP contribution in [0.25, 0.3) is 11.1 Å². The number of hydrogen-bond acceptors (Lipinski definition) is 4. The molecule has 1 heterocycles. The van der Waals surface area contributed by atoms with Crippen molar-refractivity contribution in [1.82, 2.24) is 4.98 Å². The van der Waals surface area contributed by atoms with Crippen molar-refractivity contribution < 1.29 is 4.42 Å². The van der Waals surface area contributed by atoms with E-state index in [1.165, 1.54) is 6.92 Å². The molecule has 4 heteroatoms. The van der Waals surface area contributed by atoms with Gasteiger partial charge >= 0.3 is 0 Å². The van der Waals surface area contributed by atoms with Crippen LogP contribution in [0.3, 0.4) is 0 Å². The molecule has 0 spiro atoms. The fourth-order valence-electron chi connectivity index (χ4n) is 0.890. The molecule has 0 unspecified atom stereocenters. The van der Waals surface area contributed by atoms with Crippen LogP contribution < -0.4 is 5.73 Å². The van der Waals surface area contributed by atoms with Crippen LogP contribution in [-0.2, 0) is 0 Å². The van der Waals surface area contributed by atoms with Crippen LogP contribution in [0, 0.1) is 11.3 Å². The Labute approximate surface area is 89.3 Å². The number of fused-ring (bicyclic) bond motifs is 1. The summed E-state index contributed by atoms with van der Waals surface area (Å²) in [6.45, 7) is 5.43. The molecule has 0 aliphatic rings. The molecule has 0 aliphatic carbocycles. The minimum absolute atomic E-state index is 0.223. The number of nitrogen functional groups attached to an aromatic ring is 1. The van der Waals surface area contributed by atoms with Crippen LogP contribution >= 0.6 is 0 Å². The zero-order valence-electron chi connectivity index (χ0n) is 9.19. The molecule has 0 saturated heterocycles. The minimum Gasteiger partial charge on any atom is -0.424 e. The Morgan fingerprint density at radius 2 is 1.87 bits per heavy atom. The fourth-order valence-corrected chi connectivity index (χ4v) is 0.890. The maximum absolute atomic E-state index is 7.32. The summed E-state index contributed by atoms with van der Waals surface area (Å²) in [5, 5.41) is 7.32. The Hall–Kier alpha value is -2.02. The molecule has 1 aromatic heterocycles. The lowest BCUT2D eigenvalue weighted by Gasteiger charge is -1.79. The van der Waals surface area contributed by atoms with Gasteiger partial charge in [-0.25, -0.2) is 0 Å². The number of hydrogen-bond donors (Lipinski definition) is 1. The quantitative estimate of drug-likeness (QED) is 0.717. The largest absolute Gasteiger partial charge is 0.424 e. The van der Waals surface area contributed by atoms with Crippen molar-refractivity contribution in [2.75, 3.05) is 5.73 Å². The molecule has 2 N–H and O–H groups in total. The van der Waals surface area contributed by atoms with Gasteiger partial charge in [0.2, 0.25) is 0 Å². The Morgan fingerprint density at radius 1 is 1.33 bits per heavy atom. The fraction of sp³-hybridized carbons (Fsp3) is 0.273. The van der Waals surface area contributed by atoms with Gasteiger partial charge in [0.05, 0.1) is 6.07 Å². The molecule has 1 aromatic carbocycles. The third kappa shape index (κ3) is 4.14. The second-order valence-electron chi connectivity index (χ2n) is 2.24. The third-order valence-corrected chi connectivity index (χ3v) is 1.31. The Morgan fingerprint density at radius 3 is 2.40 bits per heavy atom. The molecular weight excluding hydrogens is 190 g/mol. The lowest BCUT2D eigenvalue weighted by molar-refractivity contribution is 0.626. The monoisotopic (exact) mass is 205 g/mol. The third-order valence-electron chi connectivity index (χ3n) is 1.31. The number of anilines is 1. The van der Waals surface area contributed by atoms with Crippen molar-refractivity contribution in [3.05, 3.63) is 24.3 Å². The first-order valence-corrected chi connectivity index (χ1v) is 4.70. The van der Waals surface area contributed by atoms with Gasteiger partial charge in [0, 0.05) is 6.92 Å². The van der Waals surface area contributed by atoms with Crippen LogP contribution in [-0.4, -0.2) is 4.98 Å². The highest BCUT2D eigenvalue weighted by Crippen LogP contribution is 2.14. The van der Waals surface area contributed by atoms with Gasteiger partial charge in [0.15, 0.2) is 5.58 Å². The molecule has 0 atom stereocenters. The summed E-state index contributed by atoms with van der Waals surface area (Å²) < 4.78 is 5.03. The molecule has 0 saturated carbocycles. The van der Waals surface area contributed by atoms with E-state index in [0.717, 1.165) is 11.1 Å². The lowest BCUT2D eigenvalue weighted by atomic mass is 10.3. The highest BCUT2D eigenvalue weighted by Gasteiger charge is 1.97. The van der Waals surface area contributed by atoms with Crippen LogP contribution in [0.5, 0.6) is 0 Å². The maximum atomic E-state index is 7.32. The van der Waals surface area contributed by atoms with E-state index >= 15 is 0 Å².